The Kier molecular flexibility index (Phi) is 7.89. The SMILES string of the molecule is COc1cc2c(cc1NCC#Cc1sc3c(NC4CCN(C)CC4F)cccc3c1CC(F)(F)F)CNS2(=O)=O. The van der Waals surface area contributed by atoms with Crippen molar-refractivity contribution in [1.29, 1.82) is 0 Å². The van der Waals surface area contributed by atoms with Crippen molar-refractivity contribution in [1.82, 2.24) is 9.62 Å². The molecule has 3 aromatic rings. The van der Waals surface area contributed by atoms with Gasteiger partial charge in [0.2, 0.25) is 10.0 Å². The number of nitrogens with one attached hydrogen (secondary N) is 3. The lowest BCUT2D eigenvalue weighted by Gasteiger charge is -2.33. The van der Waals surface area contributed by atoms with E-state index >= 15 is 0 Å². The molecule has 214 valence electrons. The Hall–Kier alpha value is -3.05. The van der Waals surface area contributed by atoms with Crippen LogP contribution in [-0.2, 0) is 23.0 Å². The molecule has 1 saturated heterocycles. The minimum absolute atomic E-state index is 0.0826. The molecule has 1 aromatic heterocycles. The quantitative estimate of drug-likeness (QED) is 0.282. The molecule has 5 rings (SSSR count). The van der Waals surface area contributed by atoms with Gasteiger partial charge in [-0.2, -0.15) is 13.2 Å². The average molecular weight is 597 g/mol. The van der Waals surface area contributed by atoms with Crippen molar-refractivity contribution in [3.8, 4) is 17.6 Å². The number of nitrogens with zero attached hydrogens (tertiary/aromatic N) is 1. The van der Waals surface area contributed by atoms with Gasteiger partial charge in [0, 0.05) is 25.7 Å². The summed E-state index contributed by atoms with van der Waals surface area (Å²) in [5.41, 5.74) is 1.79. The van der Waals surface area contributed by atoms with Crippen molar-refractivity contribution in [2.24, 2.45) is 0 Å². The molecule has 2 unspecified atom stereocenters. The van der Waals surface area contributed by atoms with E-state index in [2.05, 4.69) is 27.2 Å². The van der Waals surface area contributed by atoms with Crippen molar-refractivity contribution in [2.45, 2.75) is 42.7 Å². The topological polar surface area (TPSA) is 82.7 Å². The minimum atomic E-state index is -4.43. The summed E-state index contributed by atoms with van der Waals surface area (Å²) in [5, 5.41) is 6.75. The van der Waals surface area contributed by atoms with Crippen LogP contribution in [0.5, 0.6) is 5.75 Å². The second kappa shape index (κ2) is 11.1. The van der Waals surface area contributed by atoms with Crippen LogP contribution in [0.2, 0.25) is 0 Å². The molecule has 1 fully saturated rings. The number of fused-ring (bicyclic) bond motifs is 2. The van der Waals surface area contributed by atoms with E-state index in [4.69, 9.17) is 4.74 Å². The third-order valence-electron chi connectivity index (χ3n) is 6.97. The van der Waals surface area contributed by atoms with E-state index in [1.807, 2.05) is 11.9 Å². The Balaban J connectivity index is 1.42. The number of likely N-dealkylation sites (tertiary alicyclic amines) is 1. The predicted molar refractivity (Wildman–Crippen MR) is 148 cm³/mol. The molecule has 2 atom stereocenters. The molecule has 13 heteroatoms. The van der Waals surface area contributed by atoms with Gasteiger partial charge in [0.25, 0.3) is 0 Å². The van der Waals surface area contributed by atoms with Gasteiger partial charge in [-0.05, 0) is 42.1 Å². The number of hydrogen-bond acceptors (Lipinski definition) is 7. The van der Waals surface area contributed by atoms with Gasteiger partial charge in [0.15, 0.2) is 0 Å². The first-order chi connectivity index (χ1) is 18.9. The lowest BCUT2D eigenvalue weighted by molar-refractivity contribution is -0.126. The molecular weight excluding hydrogens is 568 g/mol. The molecular formula is C27H28F4N4O3S2. The highest BCUT2D eigenvalue weighted by Crippen LogP contribution is 2.40. The average Bonchev–Trinajstić information content (AvgIpc) is 3.38. The molecule has 0 amide bonds. The number of alkyl halides is 4. The molecule has 40 heavy (non-hydrogen) atoms. The number of rotatable bonds is 6. The first-order valence-corrected chi connectivity index (χ1v) is 14.9. The van der Waals surface area contributed by atoms with Gasteiger partial charge in [-0.25, -0.2) is 17.5 Å². The minimum Gasteiger partial charge on any atom is -0.495 e. The van der Waals surface area contributed by atoms with Crippen LogP contribution < -0.4 is 20.1 Å². The molecule has 0 radical (unpaired) electrons. The Morgan fingerprint density at radius 3 is 2.77 bits per heavy atom. The summed E-state index contributed by atoms with van der Waals surface area (Å²) in [4.78, 5) is 2.35. The van der Waals surface area contributed by atoms with Crippen molar-refractivity contribution in [3.05, 3.63) is 46.3 Å². The Labute approximate surface area is 233 Å². The van der Waals surface area contributed by atoms with Gasteiger partial charge in [0.05, 0.1) is 52.0 Å². The van der Waals surface area contributed by atoms with E-state index in [-0.39, 0.29) is 23.5 Å². The number of anilines is 2. The number of halogens is 4. The lowest BCUT2D eigenvalue weighted by atomic mass is 10.0. The molecule has 3 N–H and O–H groups in total. The third kappa shape index (κ3) is 6.00. The second-order valence-corrected chi connectivity index (χ2v) is 12.6. The maximum atomic E-state index is 14.7. The molecule has 0 bridgehead atoms. The fraction of sp³-hybridized carbons (Fsp3) is 0.407. The summed E-state index contributed by atoms with van der Waals surface area (Å²) in [5.74, 6) is 6.09. The number of benzene rings is 2. The highest BCUT2D eigenvalue weighted by molar-refractivity contribution is 7.89. The maximum Gasteiger partial charge on any atom is 0.393 e. The first kappa shape index (κ1) is 28.5. The lowest BCUT2D eigenvalue weighted by Crippen LogP contribution is -2.46. The number of piperidine rings is 1. The summed E-state index contributed by atoms with van der Waals surface area (Å²) in [6.07, 6.45) is -6.08. The van der Waals surface area contributed by atoms with E-state index in [0.717, 1.165) is 17.9 Å². The van der Waals surface area contributed by atoms with Crippen LogP contribution in [0.1, 0.15) is 22.4 Å². The predicted octanol–water partition coefficient (Wildman–Crippen LogP) is 4.72. The Morgan fingerprint density at radius 1 is 1.25 bits per heavy atom. The highest BCUT2D eigenvalue weighted by atomic mass is 32.2. The highest BCUT2D eigenvalue weighted by Gasteiger charge is 2.32. The number of hydrogen-bond donors (Lipinski definition) is 3. The number of thiophene rings is 1. The van der Waals surface area contributed by atoms with Gasteiger partial charge < -0.3 is 20.3 Å². The molecule has 2 aromatic carbocycles. The van der Waals surface area contributed by atoms with E-state index in [9.17, 15) is 26.0 Å². The van der Waals surface area contributed by atoms with Gasteiger partial charge in [0.1, 0.15) is 11.9 Å². The molecule has 3 heterocycles. The van der Waals surface area contributed by atoms with Crippen LogP contribution in [0.15, 0.2) is 35.2 Å². The van der Waals surface area contributed by atoms with Crippen LogP contribution in [0, 0.1) is 11.8 Å². The molecule has 7 nitrogen and oxygen atoms in total. The fourth-order valence-corrected chi connectivity index (χ4v) is 7.41. The van der Waals surface area contributed by atoms with E-state index in [1.54, 1.807) is 24.3 Å². The zero-order valence-electron chi connectivity index (χ0n) is 21.8. The maximum absolute atomic E-state index is 14.7. The Bertz CT molecular complexity index is 1590. The molecule has 2 aliphatic rings. The fourth-order valence-electron chi connectivity index (χ4n) is 5.00. The van der Waals surface area contributed by atoms with Crippen LogP contribution in [0.25, 0.3) is 10.1 Å². The Morgan fingerprint density at radius 2 is 2.05 bits per heavy atom. The summed E-state index contributed by atoms with van der Waals surface area (Å²) < 4.78 is 87.9. The summed E-state index contributed by atoms with van der Waals surface area (Å²) in [7, 11) is -0.303. The van der Waals surface area contributed by atoms with Gasteiger partial charge in [-0.1, -0.05) is 24.0 Å². The smallest absolute Gasteiger partial charge is 0.393 e. The van der Waals surface area contributed by atoms with Gasteiger partial charge in [-0.3, -0.25) is 0 Å². The van der Waals surface area contributed by atoms with Crippen molar-refractivity contribution >= 4 is 42.8 Å². The van der Waals surface area contributed by atoms with E-state index in [1.165, 1.54) is 13.2 Å². The zero-order valence-corrected chi connectivity index (χ0v) is 23.4. The second-order valence-electron chi connectivity index (χ2n) is 9.84. The normalized spacial score (nSPS) is 20.6. The van der Waals surface area contributed by atoms with Gasteiger partial charge >= 0.3 is 6.18 Å². The van der Waals surface area contributed by atoms with E-state index < -0.39 is 34.8 Å². The first-order valence-electron chi connectivity index (χ1n) is 12.6. The zero-order chi connectivity index (χ0) is 28.7. The van der Waals surface area contributed by atoms with E-state index in [0.29, 0.717) is 50.6 Å². The van der Waals surface area contributed by atoms with Crippen LogP contribution in [0.3, 0.4) is 0 Å². The van der Waals surface area contributed by atoms with Crippen molar-refractivity contribution in [2.75, 3.05) is 44.4 Å². The third-order valence-corrected chi connectivity index (χ3v) is 9.65. The van der Waals surface area contributed by atoms with Crippen LogP contribution in [-0.4, -0.2) is 65.5 Å². The standard InChI is InChI=1S/C27H28F4N4O3S2/c1-35-10-8-20(19(28)15-35)34-21-6-3-5-17-18(13-27(29,30)31)24(39-26(17)21)7-4-9-32-22-11-16-14-33-40(36,37)25(16)12-23(22)38-2/h3,5-6,11-12,19-20,32-34H,8-10,13-15H2,1-2H3. The van der Waals surface area contributed by atoms with Crippen molar-refractivity contribution < 1.29 is 30.7 Å². The summed E-state index contributed by atoms with van der Waals surface area (Å²) in [6.45, 7) is 1.26. The van der Waals surface area contributed by atoms with Crippen molar-refractivity contribution in [3.63, 3.8) is 0 Å². The molecule has 0 saturated carbocycles. The summed E-state index contributed by atoms with van der Waals surface area (Å²) >= 11 is 1.16. The number of ether oxygens (including phenoxy) is 1. The molecule has 0 spiro atoms. The number of methoxy groups -OCH3 is 1. The van der Waals surface area contributed by atoms with Gasteiger partial charge in [-0.15, -0.1) is 11.3 Å². The summed E-state index contributed by atoms with van der Waals surface area (Å²) in [6, 6.07) is 7.72. The number of sulfonamides is 1. The monoisotopic (exact) mass is 596 g/mol. The molecule has 2 aliphatic heterocycles. The van der Waals surface area contributed by atoms with Crippen LogP contribution in [0.4, 0.5) is 28.9 Å². The molecule has 0 aliphatic carbocycles. The largest absolute Gasteiger partial charge is 0.495 e. The van der Waals surface area contributed by atoms with Crippen LogP contribution >= 0.6 is 11.3 Å².